The van der Waals surface area contributed by atoms with E-state index < -0.39 is 0 Å². The summed E-state index contributed by atoms with van der Waals surface area (Å²) < 4.78 is 19.0. The lowest BCUT2D eigenvalue weighted by molar-refractivity contribution is 0.105. The Labute approximate surface area is 126 Å². The Bertz CT molecular complexity index is 539. The molecule has 2 rings (SSSR count). The number of halogens is 1. The number of rotatable bonds is 8. The van der Waals surface area contributed by atoms with Gasteiger partial charge in [-0.1, -0.05) is 49.4 Å². The van der Waals surface area contributed by atoms with Crippen molar-refractivity contribution in [2.24, 2.45) is 0 Å². The molecule has 0 radical (unpaired) electrons. The summed E-state index contributed by atoms with van der Waals surface area (Å²) in [6, 6.07) is 15.1. The zero-order valence-corrected chi connectivity index (χ0v) is 12.4. The second-order valence-electron chi connectivity index (χ2n) is 5.00. The third kappa shape index (κ3) is 5.29. The summed E-state index contributed by atoms with van der Waals surface area (Å²) >= 11 is 0. The predicted molar refractivity (Wildman–Crippen MR) is 83.6 cm³/mol. The van der Waals surface area contributed by atoms with E-state index in [1.807, 2.05) is 6.07 Å². The summed E-state index contributed by atoms with van der Waals surface area (Å²) in [4.78, 5) is 0. The van der Waals surface area contributed by atoms with Crippen molar-refractivity contribution in [3.8, 4) is 0 Å². The van der Waals surface area contributed by atoms with Crippen LogP contribution >= 0.6 is 0 Å². The molecule has 0 aliphatic carbocycles. The minimum atomic E-state index is -0.212. The highest BCUT2D eigenvalue weighted by atomic mass is 19.1. The van der Waals surface area contributed by atoms with Gasteiger partial charge in [-0.3, -0.25) is 0 Å². The Kier molecular flexibility index (Phi) is 6.38. The molecule has 0 aliphatic heterocycles. The lowest BCUT2D eigenvalue weighted by Gasteiger charge is -2.07. The van der Waals surface area contributed by atoms with Crippen molar-refractivity contribution >= 4 is 0 Å². The normalized spacial score (nSPS) is 10.8. The molecule has 0 heterocycles. The fourth-order valence-electron chi connectivity index (χ4n) is 2.11. The van der Waals surface area contributed by atoms with Crippen LogP contribution in [-0.4, -0.2) is 13.1 Å². The molecule has 21 heavy (non-hydrogen) atoms. The number of ether oxygens (including phenoxy) is 1. The zero-order chi connectivity index (χ0) is 14.9. The molecule has 0 saturated heterocycles. The highest BCUT2D eigenvalue weighted by Crippen LogP contribution is 2.11. The largest absolute Gasteiger partial charge is 0.372 e. The number of benzene rings is 2. The maximum absolute atomic E-state index is 13.4. The van der Waals surface area contributed by atoms with Crippen LogP contribution in [-0.2, 0) is 24.4 Å². The molecule has 2 aromatic carbocycles. The fraction of sp³-hybridized carbons (Fsp3) is 0.333. The minimum Gasteiger partial charge on any atom is -0.372 e. The van der Waals surface area contributed by atoms with Gasteiger partial charge in [0.2, 0.25) is 0 Å². The predicted octanol–water partition coefficient (Wildman–Crippen LogP) is 3.69. The summed E-state index contributed by atoms with van der Waals surface area (Å²) in [6.45, 7) is 4.91. The van der Waals surface area contributed by atoms with Crippen LogP contribution in [0.3, 0.4) is 0 Å². The van der Waals surface area contributed by atoms with Crippen molar-refractivity contribution in [1.82, 2.24) is 5.32 Å². The van der Waals surface area contributed by atoms with Crippen LogP contribution in [0.2, 0.25) is 0 Å². The van der Waals surface area contributed by atoms with E-state index in [1.165, 1.54) is 11.6 Å². The lowest BCUT2D eigenvalue weighted by atomic mass is 10.1. The van der Waals surface area contributed by atoms with E-state index in [0.717, 1.165) is 25.1 Å². The van der Waals surface area contributed by atoms with Gasteiger partial charge in [-0.05, 0) is 36.7 Å². The van der Waals surface area contributed by atoms with Gasteiger partial charge in [0.1, 0.15) is 5.82 Å². The number of likely N-dealkylation sites (N-methyl/N-ethyl adjacent to an activating group) is 1. The molecule has 1 N–H and O–H groups in total. The molecular formula is C18H22FNO. The van der Waals surface area contributed by atoms with E-state index in [-0.39, 0.29) is 5.82 Å². The molecule has 112 valence electrons. The molecule has 0 amide bonds. The summed E-state index contributed by atoms with van der Waals surface area (Å²) in [6.07, 6.45) is 1.03. The number of nitrogens with one attached hydrogen (secondary N) is 1. The Balaban J connectivity index is 1.77. The highest BCUT2D eigenvalue weighted by Gasteiger charge is 2.01. The molecule has 3 heteroatoms. The quantitative estimate of drug-likeness (QED) is 0.748. The average Bonchev–Trinajstić information content (AvgIpc) is 2.51. The van der Waals surface area contributed by atoms with Crippen molar-refractivity contribution in [2.45, 2.75) is 26.6 Å². The van der Waals surface area contributed by atoms with Crippen LogP contribution < -0.4 is 5.32 Å². The van der Waals surface area contributed by atoms with Crippen LogP contribution in [0.15, 0.2) is 48.5 Å². The topological polar surface area (TPSA) is 21.3 Å². The summed E-state index contributed by atoms with van der Waals surface area (Å²) in [5.41, 5.74) is 3.02. The third-order valence-electron chi connectivity index (χ3n) is 3.35. The molecule has 0 spiro atoms. The maximum Gasteiger partial charge on any atom is 0.128 e. The molecule has 0 bridgehead atoms. The maximum atomic E-state index is 13.4. The van der Waals surface area contributed by atoms with Gasteiger partial charge in [0.25, 0.3) is 0 Å². The van der Waals surface area contributed by atoms with Gasteiger partial charge in [-0.15, -0.1) is 0 Å². The Morgan fingerprint density at radius 3 is 2.38 bits per heavy atom. The Hall–Kier alpha value is -1.71. The van der Waals surface area contributed by atoms with Crippen LogP contribution in [0.5, 0.6) is 0 Å². The van der Waals surface area contributed by atoms with Crippen molar-refractivity contribution in [3.05, 3.63) is 71.0 Å². The molecular weight excluding hydrogens is 265 g/mol. The van der Waals surface area contributed by atoms with E-state index in [9.17, 15) is 4.39 Å². The molecule has 0 fully saturated rings. The SMILES string of the molecule is CCNCCc1ccc(COCc2ccccc2F)cc1. The third-order valence-corrected chi connectivity index (χ3v) is 3.35. The van der Waals surface area contributed by atoms with Crippen LogP contribution in [0.1, 0.15) is 23.6 Å². The molecule has 0 unspecified atom stereocenters. The van der Waals surface area contributed by atoms with Crippen molar-refractivity contribution in [2.75, 3.05) is 13.1 Å². The first-order valence-corrected chi connectivity index (χ1v) is 7.39. The van der Waals surface area contributed by atoms with Gasteiger partial charge in [0.15, 0.2) is 0 Å². The van der Waals surface area contributed by atoms with Crippen LogP contribution in [0.25, 0.3) is 0 Å². The highest BCUT2D eigenvalue weighted by molar-refractivity contribution is 5.22. The Morgan fingerprint density at radius 1 is 0.952 bits per heavy atom. The van der Waals surface area contributed by atoms with Crippen molar-refractivity contribution < 1.29 is 9.13 Å². The van der Waals surface area contributed by atoms with Crippen LogP contribution in [0.4, 0.5) is 4.39 Å². The fourth-order valence-corrected chi connectivity index (χ4v) is 2.11. The first kappa shape index (κ1) is 15.7. The standard InChI is InChI=1S/C18H22FNO/c1-2-20-12-11-15-7-9-16(10-8-15)13-21-14-17-5-3-4-6-18(17)19/h3-10,20H,2,11-14H2,1H3. The van der Waals surface area contributed by atoms with Gasteiger partial charge in [-0.25, -0.2) is 4.39 Å². The van der Waals surface area contributed by atoms with Gasteiger partial charge in [0, 0.05) is 5.56 Å². The lowest BCUT2D eigenvalue weighted by Crippen LogP contribution is -2.15. The summed E-state index contributed by atoms with van der Waals surface area (Å²) in [5.74, 6) is -0.212. The smallest absolute Gasteiger partial charge is 0.128 e. The second kappa shape index (κ2) is 8.55. The molecule has 0 aliphatic rings. The second-order valence-corrected chi connectivity index (χ2v) is 5.00. The first-order valence-electron chi connectivity index (χ1n) is 7.39. The minimum absolute atomic E-state index is 0.212. The molecule has 2 aromatic rings. The number of hydrogen-bond donors (Lipinski definition) is 1. The number of hydrogen-bond acceptors (Lipinski definition) is 2. The van der Waals surface area contributed by atoms with E-state index in [1.54, 1.807) is 12.1 Å². The summed E-state index contributed by atoms with van der Waals surface area (Å²) in [5, 5.41) is 3.31. The van der Waals surface area contributed by atoms with Gasteiger partial charge >= 0.3 is 0 Å². The van der Waals surface area contributed by atoms with Gasteiger partial charge in [0.05, 0.1) is 13.2 Å². The molecule has 2 nitrogen and oxygen atoms in total. The molecule has 0 atom stereocenters. The van der Waals surface area contributed by atoms with E-state index in [4.69, 9.17) is 4.74 Å². The van der Waals surface area contributed by atoms with Gasteiger partial charge < -0.3 is 10.1 Å². The summed E-state index contributed by atoms with van der Waals surface area (Å²) in [7, 11) is 0. The first-order chi connectivity index (χ1) is 10.3. The zero-order valence-electron chi connectivity index (χ0n) is 12.4. The van der Waals surface area contributed by atoms with Crippen molar-refractivity contribution in [3.63, 3.8) is 0 Å². The molecule has 0 saturated carbocycles. The van der Waals surface area contributed by atoms with Crippen molar-refractivity contribution in [1.29, 1.82) is 0 Å². The van der Waals surface area contributed by atoms with E-state index in [0.29, 0.717) is 18.8 Å². The molecule has 0 aromatic heterocycles. The van der Waals surface area contributed by atoms with Gasteiger partial charge in [-0.2, -0.15) is 0 Å². The van der Waals surface area contributed by atoms with E-state index >= 15 is 0 Å². The average molecular weight is 287 g/mol. The van der Waals surface area contributed by atoms with Crippen LogP contribution in [0, 0.1) is 5.82 Å². The Morgan fingerprint density at radius 2 is 1.67 bits per heavy atom. The monoisotopic (exact) mass is 287 g/mol. The van der Waals surface area contributed by atoms with E-state index in [2.05, 4.69) is 36.5 Å².